The first-order valence-corrected chi connectivity index (χ1v) is 6.38. The lowest BCUT2D eigenvalue weighted by Gasteiger charge is -2.09. The van der Waals surface area contributed by atoms with Gasteiger partial charge in [-0.25, -0.2) is 0 Å². The molecule has 92 valence electrons. The van der Waals surface area contributed by atoms with E-state index in [9.17, 15) is 4.79 Å². The van der Waals surface area contributed by atoms with Gasteiger partial charge in [-0.05, 0) is 46.0 Å². The van der Waals surface area contributed by atoms with E-state index in [1.807, 2.05) is 12.1 Å². The molecular formula is C13H16BrNO2. The highest BCUT2D eigenvalue weighted by atomic mass is 79.9. The molecule has 17 heavy (non-hydrogen) atoms. The van der Waals surface area contributed by atoms with E-state index in [1.165, 1.54) is 0 Å². The molecule has 1 atom stereocenters. The Hall–Kier alpha value is -1.03. The summed E-state index contributed by atoms with van der Waals surface area (Å²) in [4.78, 5) is 12.1. The second-order valence-electron chi connectivity index (χ2n) is 5.06. The van der Waals surface area contributed by atoms with Gasteiger partial charge in [-0.3, -0.25) is 4.79 Å². The predicted octanol–water partition coefficient (Wildman–Crippen LogP) is 2.99. The summed E-state index contributed by atoms with van der Waals surface area (Å²) in [5.41, 5.74) is 0.855. The van der Waals surface area contributed by atoms with Gasteiger partial charge >= 0.3 is 0 Å². The van der Waals surface area contributed by atoms with Gasteiger partial charge in [-0.2, -0.15) is 0 Å². The molecule has 1 unspecified atom stereocenters. The van der Waals surface area contributed by atoms with Crippen LogP contribution >= 0.6 is 15.9 Å². The smallest absolute Gasteiger partial charge is 0.252 e. The van der Waals surface area contributed by atoms with Gasteiger partial charge in [-0.15, -0.1) is 0 Å². The number of hydrogen-bond acceptors (Lipinski definition) is 2. The number of nitrogens with one attached hydrogen (secondary N) is 1. The van der Waals surface area contributed by atoms with Gasteiger partial charge in [0.05, 0.1) is 12.7 Å². The number of ether oxygens (including phenoxy) is 1. The van der Waals surface area contributed by atoms with Crippen LogP contribution in [0.4, 0.5) is 0 Å². The minimum absolute atomic E-state index is 0.0497. The number of methoxy groups -OCH3 is 1. The summed E-state index contributed by atoms with van der Waals surface area (Å²) in [6, 6.07) is 5.68. The average Bonchev–Trinajstić information content (AvgIpc) is 2.86. The van der Waals surface area contributed by atoms with Crippen LogP contribution in [0.3, 0.4) is 0 Å². The van der Waals surface area contributed by atoms with Gasteiger partial charge in [0.25, 0.3) is 5.91 Å². The maximum Gasteiger partial charge on any atom is 0.252 e. The summed E-state index contributed by atoms with van der Waals surface area (Å²) >= 11 is 3.38. The monoisotopic (exact) mass is 297 g/mol. The summed E-state index contributed by atoms with van der Waals surface area (Å²) in [5, 5.41) is 3.03. The number of carbonyl (C=O) groups excluding carboxylic acids is 1. The Balaban J connectivity index is 2.13. The molecule has 4 heteroatoms. The van der Waals surface area contributed by atoms with Crippen molar-refractivity contribution in [3.05, 3.63) is 28.2 Å². The van der Waals surface area contributed by atoms with Gasteiger partial charge in [-0.1, -0.05) is 13.8 Å². The van der Waals surface area contributed by atoms with Crippen LogP contribution in [0.25, 0.3) is 0 Å². The summed E-state index contributed by atoms with van der Waals surface area (Å²) in [6.07, 6.45) is 1.04. The van der Waals surface area contributed by atoms with Crippen LogP contribution in [-0.2, 0) is 0 Å². The molecule has 1 amide bonds. The molecule has 0 bridgehead atoms. The molecule has 1 aromatic carbocycles. The number of halogens is 1. The molecule has 0 saturated heterocycles. The normalized spacial score (nSPS) is 20.8. The first-order valence-electron chi connectivity index (χ1n) is 5.58. The quantitative estimate of drug-likeness (QED) is 0.931. The number of benzene rings is 1. The Morgan fingerprint density at radius 3 is 2.71 bits per heavy atom. The van der Waals surface area contributed by atoms with Crippen LogP contribution in [0, 0.1) is 5.41 Å². The third-order valence-corrected chi connectivity index (χ3v) is 3.93. The minimum Gasteiger partial charge on any atom is -0.497 e. The zero-order chi connectivity index (χ0) is 12.6. The number of carbonyl (C=O) groups is 1. The average molecular weight is 298 g/mol. The Kier molecular flexibility index (Phi) is 3.17. The van der Waals surface area contributed by atoms with Gasteiger partial charge in [0.15, 0.2) is 0 Å². The topological polar surface area (TPSA) is 38.3 Å². The Morgan fingerprint density at radius 2 is 2.18 bits per heavy atom. The van der Waals surface area contributed by atoms with Gasteiger partial charge < -0.3 is 10.1 Å². The van der Waals surface area contributed by atoms with E-state index < -0.39 is 0 Å². The van der Waals surface area contributed by atoms with Crippen molar-refractivity contribution in [2.45, 2.75) is 26.3 Å². The highest BCUT2D eigenvalue weighted by molar-refractivity contribution is 9.10. The summed E-state index contributed by atoms with van der Waals surface area (Å²) in [7, 11) is 1.59. The van der Waals surface area contributed by atoms with Crippen LogP contribution in [0.15, 0.2) is 22.7 Å². The highest BCUT2D eigenvalue weighted by Gasteiger charge is 2.46. The molecule has 0 radical (unpaired) electrons. The molecular weight excluding hydrogens is 282 g/mol. The molecule has 1 N–H and O–H groups in total. The molecule has 0 heterocycles. The number of amides is 1. The summed E-state index contributed by atoms with van der Waals surface area (Å²) in [6.45, 7) is 4.30. The van der Waals surface area contributed by atoms with Crippen LogP contribution in [0.5, 0.6) is 5.75 Å². The zero-order valence-electron chi connectivity index (χ0n) is 10.2. The van der Waals surface area contributed by atoms with Crippen molar-refractivity contribution in [2.75, 3.05) is 7.11 Å². The van der Waals surface area contributed by atoms with E-state index in [1.54, 1.807) is 13.2 Å². The number of rotatable bonds is 3. The van der Waals surface area contributed by atoms with Gasteiger partial charge in [0.1, 0.15) is 5.75 Å². The first-order chi connectivity index (χ1) is 7.94. The van der Waals surface area contributed by atoms with Crippen molar-refractivity contribution >= 4 is 21.8 Å². The molecule has 1 fully saturated rings. The molecule has 1 aromatic rings. The molecule has 1 aliphatic rings. The van der Waals surface area contributed by atoms with Crippen LogP contribution < -0.4 is 10.1 Å². The van der Waals surface area contributed by atoms with Crippen molar-refractivity contribution in [1.29, 1.82) is 0 Å². The molecule has 2 rings (SSSR count). The Morgan fingerprint density at radius 1 is 1.53 bits per heavy atom. The zero-order valence-corrected chi connectivity index (χ0v) is 11.8. The summed E-state index contributed by atoms with van der Waals surface area (Å²) < 4.78 is 5.91. The Labute approximate surface area is 110 Å². The molecule has 1 saturated carbocycles. The van der Waals surface area contributed by atoms with E-state index in [4.69, 9.17) is 4.74 Å². The van der Waals surface area contributed by atoms with Crippen molar-refractivity contribution in [3.63, 3.8) is 0 Å². The van der Waals surface area contributed by atoms with E-state index >= 15 is 0 Å². The SMILES string of the molecule is COc1ccc(Br)c(C(=O)NC2CC2(C)C)c1. The standard InChI is InChI=1S/C13H16BrNO2/c1-13(2)7-11(13)15-12(16)9-6-8(17-3)4-5-10(9)14/h4-6,11H,7H2,1-3H3,(H,15,16). The third kappa shape index (κ3) is 2.63. The number of hydrogen-bond donors (Lipinski definition) is 1. The molecule has 3 nitrogen and oxygen atoms in total. The lowest BCUT2D eigenvalue weighted by atomic mass is 10.1. The van der Waals surface area contributed by atoms with Crippen LogP contribution in [0.2, 0.25) is 0 Å². The van der Waals surface area contributed by atoms with Crippen LogP contribution in [-0.4, -0.2) is 19.1 Å². The molecule has 0 aliphatic heterocycles. The largest absolute Gasteiger partial charge is 0.497 e. The van der Waals surface area contributed by atoms with Crippen molar-refractivity contribution in [2.24, 2.45) is 5.41 Å². The molecule has 0 spiro atoms. The molecule has 0 aromatic heterocycles. The van der Waals surface area contributed by atoms with Crippen molar-refractivity contribution < 1.29 is 9.53 Å². The van der Waals surface area contributed by atoms with E-state index in [0.717, 1.165) is 10.9 Å². The van der Waals surface area contributed by atoms with E-state index in [-0.39, 0.29) is 17.4 Å². The lowest BCUT2D eigenvalue weighted by molar-refractivity contribution is 0.0945. The third-order valence-electron chi connectivity index (χ3n) is 3.24. The minimum atomic E-state index is -0.0497. The fourth-order valence-corrected chi connectivity index (χ4v) is 2.18. The first kappa shape index (κ1) is 12.4. The fourth-order valence-electron chi connectivity index (χ4n) is 1.75. The van der Waals surface area contributed by atoms with Gasteiger partial charge in [0.2, 0.25) is 0 Å². The van der Waals surface area contributed by atoms with E-state index in [2.05, 4.69) is 35.1 Å². The highest BCUT2D eigenvalue weighted by Crippen LogP contribution is 2.44. The van der Waals surface area contributed by atoms with E-state index in [0.29, 0.717) is 11.3 Å². The van der Waals surface area contributed by atoms with Crippen LogP contribution in [0.1, 0.15) is 30.6 Å². The summed E-state index contributed by atoms with van der Waals surface area (Å²) in [5.74, 6) is 0.639. The lowest BCUT2D eigenvalue weighted by Crippen LogP contribution is -2.28. The van der Waals surface area contributed by atoms with Crippen molar-refractivity contribution in [3.8, 4) is 5.75 Å². The predicted molar refractivity (Wildman–Crippen MR) is 70.3 cm³/mol. The molecule has 1 aliphatic carbocycles. The fraction of sp³-hybridized carbons (Fsp3) is 0.462. The van der Waals surface area contributed by atoms with Crippen molar-refractivity contribution in [1.82, 2.24) is 5.32 Å². The second kappa shape index (κ2) is 4.33. The van der Waals surface area contributed by atoms with Gasteiger partial charge in [0, 0.05) is 10.5 Å². The maximum atomic E-state index is 12.1. The second-order valence-corrected chi connectivity index (χ2v) is 5.92. The maximum absolute atomic E-state index is 12.1. The Bertz CT molecular complexity index is 457.